The number of rotatable bonds is 3. The molecule has 0 atom stereocenters. The quantitative estimate of drug-likeness (QED) is 0.689. The van der Waals surface area contributed by atoms with Crippen LogP contribution in [0.2, 0.25) is 0 Å². The molecule has 2 aromatic heterocycles. The van der Waals surface area contributed by atoms with Gasteiger partial charge in [-0.2, -0.15) is 13.2 Å². The van der Waals surface area contributed by atoms with Crippen LogP contribution in [0.15, 0.2) is 35.1 Å². The van der Waals surface area contributed by atoms with Gasteiger partial charge in [0.1, 0.15) is 0 Å². The SMILES string of the molecule is Cc1nc2cc(=O)[nH]n2c(C)c1CC(=O)N1CCN(c2cccc(C(F)(F)F)c2)CC1. The first-order chi connectivity index (χ1) is 14.6. The minimum atomic E-state index is -4.39. The molecule has 1 aromatic carbocycles. The van der Waals surface area contributed by atoms with E-state index < -0.39 is 11.7 Å². The molecule has 1 amide bonds. The van der Waals surface area contributed by atoms with Crippen LogP contribution in [-0.2, 0) is 17.4 Å². The number of amides is 1. The summed E-state index contributed by atoms with van der Waals surface area (Å²) in [7, 11) is 0. The number of H-pyrrole nitrogens is 1. The van der Waals surface area contributed by atoms with E-state index in [1.807, 2.05) is 11.8 Å². The minimum absolute atomic E-state index is 0.0782. The van der Waals surface area contributed by atoms with E-state index in [9.17, 15) is 22.8 Å². The minimum Gasteiger partial charge on any atom is -0.368 e. The fraction of sp³-hybridized carbons (Fsp3) is 0.381. The van der Waals surface area contributed by atoms with Gasteiger partial charge in [0.05, 0.1) is 12.0 Å². The van der Waals surface area contributed by atoms with E-state index >= 15 is 0 Å². The Morgan fingerprint density at radius 3 is 2.52 bits per heavy atom. The molecule has 31 heavy (non-hydrogen) atoms. The number of hydrogen-bond donors (Lipinski definition) is 1. The van der Waals surface area contributed by atoms with Crippen molar-refractivity contribution in [3.05, 3.63) is 63.2 Å². The normalized spacial score (nSPS) is 15.0. The molecule has 3 aromatic rings. The third kappa shape index (κ3) is 4.14. The lowest BCUT2D eigenvalue weighted by Gasteiger charge is -2.36. The van der Waals surface area contributed by atoms with Gasteiger partial charge in [-0.05, 0) is 32.0 Å². The summed E-state index contributed by atoms with van der Waals surface area (Å²) in [6.07, 6.45) is -4.24. The maximum atomic E-state index is 13.0. The number of carbonyl (C=O) groups is 1. The Balaban J connectivity index is 1.45. The maximum absolute atomic E-state index is 13.0. The Morgan fingerprint density at radius 2 is 1.84 bits per heavy atom. The van der Waals surface area contributed by atoms with Gasteiger partial charge < -0.3 is 9.80 Å². The van der Waals surface area contributed by atoms with E-state index in [0.717, 1.165) is 23.4 Å². The van der Waals surface area contributed by atoms with Crippen LogP contribution in [0.5, 0.6) is 0 Å². The first kappa shape index (κ1) is 21.0. The molecular formula is C21H22F3N5O2. The molecule has 164 valence electrons. The predicted molar refractivity (Wildman–Crippen MR) is 109 cm³/mol. The molecule has 1 fully saturated rings. The summed E-state index contributed by atoms with van der Waals surface area (Å²) in [5.74, 6) is -0.0782. The number of alkyl halides is 3. The average molecular weight is 433 g/mol. The van der Waals surface area contributed by atoms with Crippen LogP contribution in [0.1, 0.15) is 22.5 Å². The van der Waals surface area contributed by atoms with Crippen molar-refractivity contribution in [3.63, 3.8) is 0 Å². The Bertz CT molecular complexity index is 1190. The first-order valence-corrected chi connectivity index (χ1v) is 9.91. The monoisotopic (exact) mass is 433 g/mol. The van der Waals surface area contributed by atoms with Gasteiger partial charge >= 0.3 is 6.18 Å². The number of aromatic amines is 1. The van der Waals surface area contributed by atoms with Crippen molar-refractivity contribution in [3.8, 4) is 0 Å². The molecule has 0 radical (unpaired) electrons. The van der Waals surface area contributed by atoms with Crippen LogP contribution in [0, 0.1) is 13.8 Å². The van der Waals surface area contributed by atoms with Gasteiger partial charge in [0.15, 0.2) is 5.65 Å². The molecular weight excluding hydrogens is 411 g/mol. The highest BCUT2D eigenvalue weighted by atomic mass is 19.4. The lowest BCUT2D eigenvalue weighted by Crippen LogP contribution is -2.49. The fourth-order valence-electron chi connectivity index (χ4n) is 3.97. The van der Waals surface area contributed by atoms with E-state index in [-0.39, 0.29) is 17.9 Å². The van der Waals surface area contributed by atoms with E-state index in [2.05, 4.69) is 10.1 Å². The van der Waals surface area contributed by atoms with Crippen molar-refractivity contribution < 1.29 is 18.0 Å². The van der Waals surface area contributed by atoms with E-state index in [1.165, 1.54) is 12.1 Å². The number of halogens is 3. The van der Waals surface area contributed by atoms with Gasteiger partial charge in [0.25, 0.3) is 5.56 Å². The number of benzene rings is 1. The summed E-state index contributed by atoms with van der Waals surface area (Å²) in [5, 5.41) is 2.67. The van der Waals surface area contributed by atoms with Gasteiger partial charge in [0, 0.05) is 54.9 Å². The Morgan fingerprint density at radius 1 is 1.13 bits per heavy atom. The smallest absolute Gasteiger partial charge is 0.368 e. The van der Waals surface area contributed by atoms with E-state index in [4.69, 9.17) is 0 Å². The number of hydrogen-bond acceptors (Lipinski definition) is 4. The second-order valence-electron chi connectivity index (χ2n) is 7.67. The van der Waals surface area contributed by atoms with E-state index in [1.54, 1.807) is 22.4 Å². The molecule has 0 unspecified atom stereocenters. The summed E-state index contributed by atoms with van der Waals surface area (Å²) >= 11 is 0. The second kappa shape index (κ2) is 7.75. The lowest BCUT2D eigenvalue weighted by molar-refractivity contribution is -0.137. The Labute approximate surface area is 176 Å². The van der Waals surface area contributed by atoms with Crippen molar-refractivity contribution in [2.45, 2.75) is 26.4 Å². The van der Waals surface area contributed by atoms with Gasteiger partial charge in [-0.3, -0.25) is 14.7 Å². The van der Waals surface area contributed by atoms with Crippen LogP contribution in [0.4, 0.5) is 18.9 Å². The molecule has 0 bridgehead atoms. The number of carbonyl (C=O) groups excluding carboxylic acids is 1. The highest BCUT2D eigenvalue weighted by molar-refractivity contribution is 5.79. The van der Waals surface area contributed by atoms with Crippen molar-refractivity contribution in [2.24, 2.45) is 0 Å². The van der Waals surface area contributed by atoms with Crippen molar-refractivity contribution in [1.82, 2.24) is 19.5 Å². The number of anilines is 1. The first-order valence-electron chi connectivity index (χ1n) is 9.91. The number of nitrogens with one attached hydrogen (secondary N) is 1. The number of fused-ring (bicyclic) bond motifs is 1. The van der Waals surface area contributed by atoms with E-state index in [0.29, 0.717) is 43.2 Å². The van der Waals surface area contributed by atoms with Gasteiger partial charge in [-0.15, -0.1) is 0 Å². The fourth-order valence-corrected chi connectivity index (χ4v) is 3.97. The third-order valence-corrected chi connectivity index (χ3v) is 5.70. The van der Waals surface area contributed by atoms with Crippen molar-refractivity contribution in [1.29, 1.82) is 0 Å². The van der Waals surface area contributed by atoms with Gasteiger partial charge in [0.2, 0.25) is 5.91 Å². The van der Waals surface area contributed by atoms with Gasteiger partial charge in [-0.1, -0.05) is 6.07 Å². The van der Waals surface area contributed by atoms with Crippen LogP contribution in [-0.4, -0.2) is 51.6 Å². The molecule has 0 aliphatic carbocycles. The van der Waals surface area contributed by atoms with Crippen molar-refractivity contribution >= 4 is 17.2 Å². The standard InChI is InChI=1S/C21H22F3N5O2/c1-13-17(14(2)29-18(25-13)12-19(30)26-29)11-20(31)28-8-6-27(7-9-28)16-5-3-4-15(10-16)21(22,23)24/h3-5,10,12H,6-9,11H2,1-2H3,(H,26,30). The molecule has 10 heteroatoms. The summed E-state index contributed by atoms with van der Waals surface area (Å²) < 4.78 is 40.5. The predicted octanol–water partition coefficient (Wildman–Crippen LogP) is 2.55. The van der Waals surface area contributed by atoms with Crippen molar-refractivity contribution in [2.75, 3.05) is 31.1 Å². The molecule has 0 spiro atoms. The summed E-state index contributed by atoms with van der Waals surface area (Å²) in [5.41, 5.74) is 2.26. The molecule has 1 saturated heterocycles. The zero-order valence-corrected chi connectivity index (χ0v) is 17.2. The number of nitrogens with zero attached hydrogens (tertiary/aromatic N) is 4. The van der Waals surface area contributed by atoms with Crippen LogP contribution in [0.3, 0.4) is 0 Å². The highest BCUT2D eigenvalue weighted by Crippen LogP contribution is 2.32. The lowest BCUT2D eigenvalue weighted by atomic mass is 10.1. The molecule has 1 aliphatic heterocycles. The zero-order chi connectivity index (χ0) is 22.3. The van der Waals surface area contributed by atoms with Gasteiger partial charge in [-0.25, -0.2) is 9.50 Å². The van der Waals surface area contributed by atoms with Crippen LogP contribution in [0.25, 0.3) is 5.65 Å². The molecule has 4 rings (SSSR count). The summed E-state index contributed by atoms with van der Waals surface area (Å²) in [4.78, 5) is 32.5. The third-order valence-electron chi connectivity index (χ3n) is 5.70. The Hall–Kier alpha value is -3.30. The number of piperazine rings is 1. The van der Waals surface area contributed by atoms with Crippen LogP contribution >= 0.6 is 0 Å². The second-order valence-corrected chi connectivity index (χ2v) is 7.67. The molecule has 0 saturated carbocycles. The molecule has 1 aliphatic rings. The highest BCUT2D eigenvalue weighted by Gasteiger charge is 2.31. The molecule has 1 N–H and O–H groups in total. The molecule has 3 heterocycles. The Kier molecular flexibility index (Phi) is 5.24. The maximum Gasteiger partial charge on any atom is 0.416 e. The largest absolute Gasteiger partial charge is 0.416 e. The average Bonchev–Trinajstić information content (AvgIpc) is 3.11. The summed E-state index contributed by atoms with van der Waals surface area (Å²) in [6.45, 7) is 5.37. The number of aromatic nitrogens is 3. The summed E-state index contributed by atoms with van der Waals surface area (Å²) in [6, 6.07) is 6.65. The molecule has 7 nitrogen and oxygen atoms in total. The zero-order valence-electron chi connectivity index (χ0n) is 17.2. The van der Waals surface area contributed by atoms with Crippen LogP contribution < -0.4 is 10.5 Å². The number of aryl methyl sites for hydroxylation is 2. The topological polar surface area (TPSA) is 73.7 Å².